The van der Waals surface area contributed by atoms with E-state index in [9.17, 15) is 9.90 Å². The van der Waals surface area contributed by atoms with Gasteiger partial charge >= 0.3 is 0 Å². The summed E-state index contributed by atoms with van der Waals surface area (Å²) >= 11 is 0. The third-order valence-electron chi connectivity index (χ3n) is 3.30. The smallest absolute Gasteiger partial charge is 0.152 e. The van der Waals surface area contributed by atoms with Crippen LogP contribution < -0.4 is 0 Å². The first-order valence-electron chi connectivity index (χ1n) is 5.62. The van der Waals surface area contributed by atoms with Crippen molar-refractivity contribution in [3.8, 4) is 0 Å². The zero-order valence-corrected chi connectivity index (χ0v) is 9.24. The highest BCUT2D eigenvalue weighted by Gasteiger charge is 2.33. The molecular formula is C11H19NO3. The van der Waals surface area contributed by atoms with Crippen LogP contribution in [0.25, 0.3) is 0 Å². The van der Waals surface area contributed by atoms with Gasteiger partial charge in [0.15, 0.2) is 5.78 Å². The van der Waals surface area contributed by atoms with Gasteiger partial charge in [0, 0.05) is 25.6 Å². The summed E-state index contributed by atoms with van der Waals surface area (Å²) in [4.78, 5) is 13.9. The van der Waals surface area contributed by atoms with Crippen molar-refractivity contribution in [2.45, 2.75) is 25.4 Å². The van der Waals surface area contributed by atoms with Gasteiger partial charge in [-0.15, -0.1) is 0 Å². The lowest BCUT2D eigenvalue weighted by Gasteiger charge is -2.19. The third-order valence-corrected chi connectivity index (χ3v) is 3.30. The van der Waals surface area contributed by atoms with Crippen LogP contribution in [0.15, 0.2) is 0 Å². The first-order valence-corrected chi connectivity index (χ1v) is 5.62. The SMILES string of the molecule is CC1(O)CCN(CC(=O)C2CCOC2)C1. The Balaban J connectivity index is 1.79. The van der Waals surface area contributed by atoms with Gasteiger partial charge in [-0.3, -0.25) is 9.69 Å². The van der Waals surface area contributed by atoms with Gasteiger partial charge in [-0.2, -0.15) is 0 Å². The molecular weight excluding hydrogens is 194 g/mol. The number of carbonyl (C=O) groups excluding carboxylic acids is 1. The minimum Gasteiger partial charge on any atom is -0.389 e. The van der Waals surface area contributed by atoms with Crippen molar-refractivity contribution in [3.05, 3.63) is 0 Å². The Morgan fingerprint density at radius 1 is 1.67 bits per heavy atom. The molecule has 1 N–H and O–H groups in total. The van der Waals surface area contributed by atoms with Crippen molar-refractivity contribution in [2.75, 3.05) is 32.8 Å². The maximum absolute atomic E-state index is 11.8. The van der Waals surface area contributed by atoms with Gasteiger partial charge in [-0.25, -0.2) is 0 Å². The van der Waals surface area contributed by atoms with E-state index >= 15 is 0 Å². The Kier molecular flexibility index (Phi) is 3.09. The van der Waals surface area contributed by atoms with E-state index in [1.807, 2.05) is 11.8 Å². The van der Waals surface area contributed by atoms with Crippen molar-refractivity contribution in [1.29, 1.82) is 0 Å². The number of β-amino-alcohol motifs (C(OH)–C–C–N with tert-alkyl or cyclic N) is 1. The summed E-state index contributed by atoms with van der Waals surface area (Å²) in [6, 6.07) is 0. The van der Waals surface area contributed by atoms with Crippen LogP contribution in [-0.4, -0.2) is 54.2 Å². The molecule has 2 aliphatic rings. The maximum atomic E-state index is 11.8. The fraction of sp³-hybridized carbons (Fsp3) is 0.909. The van der Waals surface area contributed by atoms with E-state index in [1.165, 1.54) is 0 Å². The molecule has 4 nitrogen and oxygen atoms in total. The fourth-order valence-electron chi connectivity index (χ4n) is 2.31. The molecule has 0 spiro atoms. The highest BCUT2D eigenvalue weighted by Crippen LogP contribution is 2.21. The summed E-state index contributed by atoms with van der Waals surface area (Å²) in [6.45, 7) is 5.05. The average molecular weight is 213 g/mol. The number of hydrogen-bond acceptors (Lipinski definition) is 4. The zero-order chi connectivity index (χ0) is 10.9. The summed E-state index contributed by atoms with van der Waals surface area (Å²) in [7, 11) is 0. The normalized spacial score (nSPS) is 37.3. The molecule has 15 heavy (non-hydrogen) atoms. The topological polar surface area (TPSA) is 49.8 Å². The molecule has 2 unspecified atom stereocenters. The molecule has 0 radical (unpaired) electrons. The molecule has 0 amide bonds. The standard InChI is InChI=1S/C11H19NO3/c1-11(14)3-4-12(8-11)6-10(13)9-2-5-15-7-9/h9,14H,2-8H2,1H3. The summed E-state index contributed by atoms with van der Waals surface area (Å²) in [5.41, 5.74) is -0.605. The van der Waals surface area contributed by atoms with E-state index in [1.54, 1.807) is 0 Å². The number of likely N-dealkylation sites (tertiary alicyclic amines) is 1. The predicted molar refractivity (Wildman–Crippen MR) is 55.6 cm³/mol. The zero-order valence-electron chi connectivity index (χ0n) is 9.24. The van der Waals surface area contributed by atoms with Crippen LogP contribution in [0.5, 0.6) is 0 Å². The molecule has 2 fully saturated rings. The Hall–Kier alpha value is -0.450. The summed E-state index contributed by atoms with van der Waals surface area (Å²) in [5, 5.41) is 9.77. The number of ketones is 1. The molecule has 0 aromatic carbocycles. The van der Waals surface area contributed by atoms with E-state index in [-0.39, 0.29) is 11.7 Å². The lowest BCUT2D eigenvalue weighted by Crippen LogP contribution is -2.35. The number of carbonyl (C=O) groups is 1. The molecule has 4 heteroatoms. The number of ether oxygens (including phenoxy) is 1. The molecule has 2 saturated heterocycles. The molecule has 2 heterocycles. The van der Waals surface area contributed by atoms with Crippen molar-refractivity contribution < 1.29 is 14.6 Å². The monoisotopic (exact) mass is 213 g/mol. The molecule has 0 saturated carbocycles. The number of nitrogens with zero attached hydrogens (tertiary/aromatic N) is 1. The van der Waals surface area contributed by atoms with E-state index in [0.29, 0.717) is 26.3 Å². The van der Waals surface area contributed by atoms with Gasteiger partial charge in [0.05, 0.1) is 18.8 Å². The molecule has 2 atom stereocenters. The van der Waals surface area contributed by atoms with Crippen molar-refractivity contribution in [1.82, 2.24) is 4.90 Å². The van der Waals surface area contributed by atoms with Crippen LogP contribution in [0.3, 0.4) is 0 Å². The van der Waals surface area contributed by atoms with Crippen LogP contribution in [0, 0.1) is 5.92 Å². The molecule has 86 valence electrons. The number of aliphatic hydroxyl groups is 1. The molecule has 0 bridgehead atoms. The fourth-order valence-corrected chi connectivity index (χ4v) is 2.31. The summed E-state index contributed by atoms with van der Waals surface area (Å²) in [6.07, 6.45) is 1.63. The molecule has 0 aliphatic carbocycles. The second kappa shape index (κ2) is 4.20. The number of rotatable bonds is 3. The van der Waals surface area contributed by atoms with Crippen LogP contribution in [0.4, 0.5) is 0 Å². The highest BCUT2D eigenvalue weighted by atomic mass is 16.5. The highest BCUT2D eigenvalue weighted by molar-refractivity contribution is 5.83. The van der Waals surface area contributed by atoms with E-state index in [4.69, 9.17) is 4.74 Å². The Labute approximate surface area is 90.2 Å². The number of Topliss-reactive ketones (excluding diaryl/α,β-unsaturated/α-hetero) is 1. The quantitative estimate of drug-likeness (QED) is 0.719. The maximum Gasteiger partial charge on any atom is 0.152 e. The first kappa shape index (κ1) is 11.0. The predicted octanol–water partition coefficient (Wildman–Crippen LogP) is 0.0487. The van der Waals surface area contributed by atoms with Gasteiger partial charge in [0.1, 0.15) is 0 Å². The van der Waals surface area contributed by atoms with Crippen molar-refractivity contribution in [2.24, 2.45) is 5.92 Å². The second-order valence-electron chi connectivity index (χ2n) is 4.98. The average Bonchev–Trinajstić information content (AvgIpc) is 2.74. The summed E-state index contributed by atoms with van der Waals surface area (Å²) < 4.78 is 5.19. The first-order chi connectivity index (χ1) is 7.07. The van der Waals surface area contributed by atoms with Crippen molar-refractivity contribution in [3.63, 3.8) is 0 Å². The number of hydrogen-bond donors (Lipinski definition) is 1. The van der Waals surface area contributed by atoms with Gasteiger partial charge in [-0.05, 0) is 19.8 Å². The van der Waals surface area contributed by atoms with Gasteiger partial charge in [0.2, 0.25) is 0 Å². The van der Waals surface area contributed by atoms with Gasteiger partial charge in [0.25, 0.3) is 0 Å². The molecule has 0 aromatic rings. The van der Waals surface area contributed by atoms with Crippen molar-refractivity contribution >= 4 is 5.78 Å². The van der Waals surface area contributed by atoms with E-state index in [0.717, 1.165) is 19.4 Å². The Morgan fingerprint density at radius 3 is 3.00 bits per heavy atom. The van der Waals surface area contributed by atoms with Crippen LogP contribution in [-0.2, 0) is 9.53 Å². The Bertz CT molecular complexity index is 246. The van der Waals surface area contributed by atoms with Crippen LogP contribution in [0.2, 0.25) is 0 Å². The largest absolute Gasteiger partial charge is 0.389 e. The minimum atomic E-state index is -0.605. The molecule has 2 rings (SSSR count). The lowest BCUT2D eigenvalue weighted by molar-refractivity contribution is -0.123. The molecule has 2 aliphatic heterocycles. The van der Waals surface area contributed by atoms with E-state index in [2.05, 4.69) is 0 Å². The van der Waals surface area contributed by atoms with E-state index < -0.39 is 5.60 Å². The second-order valence-corrected chi connectivity index (χ2v) is 4.98. The minimum absolute atomic E-state index is 0.0931. The van der Waals surface area contributed by atoms with Crippen LogP contribution in [0.1, 0.15) is 19.8 Å². The lowest BCUT2D eigenvalue weighted by atomic mass is 10.0. The molecule has 0 aromatic heterocycles. The third kappa shape index (κ3) is 2.77. The summed E-state index contributed by atoms with van der Waals surface area (Å²) in [5.74, 6) is 0.362. The van der Waals surface area contributed by atoms with Crippen LogP contribution >= 0.6 is 0 Å². The Morgan fingerprint density at radius 2 is 2.47 bits per heavy atom. The van der Waals surface area contributed by atoms with Gasteiger partial charge in [-0.1, -0.05) is 0 Å². The van der Waals surface area contributed by atoms with Gasteiger partial charge < -0.3 is 9.84 Å².